The first-order valence-corrected chi connectivity index (χ1v) is 9.26. The lowest BCUT2D eigenvalue weighted by molar-refractivity contribution is -0.142. The molecule has 5 nitrogen and oxygen atoms in total. The maximum atomic E-state index is 14.0. The molecule has 8 heteroatoms. The molecule has 2 rings (SSSR count). The summed E-state index contributed by atoms with van der Waals surface area (Å²) in [6.07, 6.45) is 0.708. The fourth-order valence-electron chi connectivity index (χ4n) is 2.89. The van der Waals surface area contributed by atoms with Crippen molar-refractivity contribution in [2.45, 2.75) is 31.5 Å². The summed E-state index contributed by atoms with van der Waals surface area (Å²) in [5.74, 6) is -0.755. The zero-order valence-corrected chi connectivity index (χ0v) is 15.2. The Balaban J connectivity index is 2.26. The van der Waals surface area contributed by atoms with Crippen LogP contribution in [-0.2, 0) is 4.79 Å². The van der Waals surface area contributed by atoms with Crippen LogP contribution in [0.25, 0.3) is 0 Å². The topological polar surface area (TPSA) is 73.1 Å². The highest BCUT2D eigenvalue weighted by Gasteiger charge is 2.35. The van der Waals surface area contributed by atoms with Crippen LogP contribution in [0.1, 0.15) is 18.9 Å². The van der Waals surface area contributed by atoms with Crippen molar-refractivity contribution in [3.8, 4) is 5.75 Å². The van der Waals surface area contributed by atoms with Crippen molar-refractivity contribution >= 4 is 35.4 Å². The summed E-state index contributed by atoms with van der Waals surface area (Å²) in [5.41, 5.74) is 0.117. The highest BCUT2D eigenvalue weighted by molar-refractivity contribution is 8.14. The number of halogens is 1. The lowest BCUT2D eigenvalue weighted by Gasteiger charge is -2.33. The Labute approximate surface area is 150 Å². The third kappa shape index (κ3) is 3.87. The summed E-state index contributed by atoms with van der Waals surface area (Å²) in [7, 11) is 1.75. The predicted molar refractivity (Wildman–Crippen MR) is 98.0 cm³/mol. The van der Waals surface area contributed by atoms with Crippen LogP contribution < -0.4 is 0 Å². The molecule has 1 aliphatic rings. The molecule has 1 aliphatic heterocycles. The van der Waals surface area contributed by atoms with Crippen molar-refractivity contribution in [1.82, 2.24) is 4.90 Å². The van der Waals surface area contributed by atoms with Gasteiger partial charge in [0.15, 0.2) is 0 Å². The molecule has 1 aromatic rings. The van der Waals surface area contributed by atoms with E-state index in [1.54, 1.807) is 11.9 Å². The second-order valence-corrected chi connectivity index (χ2v) is 7.00. The molecule has 0 spiro atoms. The number of aliphatic carboxylic acids is 1. The van der Waals surface area contributed by atoms with Gasteiger partial charge in [-0.15, -0.1) is 11.8 Å². The van der Waals surface area contributed by atoms with Crippen LogP contribution in [0.3, 0.4) is 0 Å². The number of thiol groups is 1. The minimum absolute atomic E-state index is 0.0998. The van der Waals surface area contributed by atoms with E-state index in [2.05, 4.69) is 17.6 Å². The number of rotatable bonds is 7. The fraction of sp³-hybridized carbons (Fsp3) is 0.500. The summed E-state index contributed by atoms with van der Waals surface area (Å²) in [4.78, 5) is 17.7. The van der Waals surface area contributed by atoms with E-state index >= 15 is 0 Å². The van der Waals surface area contributed by atoms with Gasteiger partial charge in [-0.05, 0) is 25.6 Å². The zero-order valence-electron chi connectivity index (χ0n) is 13.5. The zero-order chi connectivity index (χ0) is 17.9. The molecule has 1 heterocycles. The predicted octanol–water partition coefficient (Wildman–Crippen LogP) is 2.49. The molecule has 3 atom stereocenters. The first-order valence-electron chi connectivity index (χ1n) is 7.64. The van der Waals surface area contributed by atoms with E-state index in [-0.39, 0.29) is 29.1 Å². The monoisotopic (exact) mass is 372 g/mol. The minimum Gasteiger partial charge on any atom is -0.507 e. The third-order valence-electron chi connectivity index (χ3n) is 4.21. The maximum Gasteiger partial charge on any atom is 0.321 e. The average molecular weight is 372 g/mol. The fourth-order valence-corrected chi connectivity index (χ4v) is 4.49. The largest absolute Gasteiger partial charge is 0.507 e. The lowest BCUT2D eigenvalue weighted by Crippen LogP contribution is -2.50. The van der Waals surface area contributed by atoms with Crippen LogP contribution in [0.15, 0.2) is 23.2 Å². The van der Waals surface area contributed by atoms with E-state index in [0.29, 0.717) is 17.2 Å². The summed E-state index contributed by atoms with van der Waals surface area (Å²) in [5, 5.41) is 19.7. The van der Waals surface area contributed by atoms with E-state index in [9.17, 15) is 19.4 Å². The van der Waals surface area contributed by atoms with Crippen molar-refractivity contribution in [3.63, 3.8) is 0 Å². The van der Waals surface area contributed by atoms with Gasteiger partial charge < -0.3 is 10.2 Å². The Bertz CT molecular complexity index is 621. The lowest BCUT2D eigenvalue weighted by atomic mass is 10.0. The average Bonchev–Trinajstić information content (AvgIpc) is 2.97. The quantitative estimate of drug-likeness (QED) is 0.642. The van der Waals surface area contributed by atoms with Crippen molar-refractivity contribution in [2.24, 2.45) is 4.99 Å². The highest BCUT2D eigenvalue weighted by Crippen LogP contribution is 2.33. The van der Waals surface area contributed by atoms with Gasteiger partial charge in [0.05, 0.1) is 11.6 Å². The van der Waals surface area contributed by atoms with Gasteiger partial charge in [0.1, 0.15) is 22.7 Å². The standard InChI is InChI=1S/C16H21FN2O3S2/c1-3-11(19(2)12(7-23)16(21)22)10-8-24-15(18-10)14-9(17)5-4-6-13(14)20/h4-6,10-12,20,23H,3,7-8H2,1-2H3,(H,21,22)/t10-,11-,12-/m1/s1. The summed E-state index contributed by atoms with van der Waals surface area (Å²) < 4.78 is 14.0. The number of likely N-dealkylation sites (N-methyl/N-ethyl adjacent to an activating group) is 1. The first kappa shape index (κ1) is 19.1. The van der Waals surface area contributed by atoms with Gasteiger partial charge in [-0.25, -0.2) is 4.39 Å². The number of benzene rings is 1. The van der Waals surface area contributed by atoms with E-state index in [0.717, 1.165) is 0 Å². The van der Waals surface area contributed by atoms with Crippen molar-refractivity contribution < 1.29 is 19.4 Å². The molecular formula is C16H21FN2O3S2. The Morgan fingerprint density at radius 2 is 2.29 bits per heavy atom. The second kappa shape index (κ2) is 8.22. The van der Waals surface area contributed by atoms with Gasteiger partial charge in [-0.1, -0.05) is 13.0 Å². The van der Waals surface area contributed by atoms with Crippen LogP contribution in [0, 0.1) is 5.82 Å². The summed E-state index contributed by atoms with van der Waals surface area (Å²) in [6, 6.07) is 3.19. The van der Waals surface area contributed by atoms with Crippen molar-refractivity contribution in [2.75, 3.05) is 18.6 Å². The number of thioether (sulfide) groups is 1. The van der Waals surface area contributed by atoms with Gasteiger partial charge in [0.2, 0.25) is 0 Å². The van der Waals surface area contributed by atoms with Gasteiger partial charge in [-0.3, -0.25) is 14.7 Å². The van der Waals surface area contributed by atoms with Crippen LogP contribution in [-0.4, -0.2) is 62.8 Å². The molecule has 0 aromatic heterocycles. The number of aromatic hydroxyl groups is 1. The van der Waals surface area contributed by atoms with Crippen LogP contribution in [0.2, 0.25) is 0 Å². The van der Waals surface area contributed by atoms with E-state index in [1.165, 1.54) is 30.0 Å². The molecular weight excluding hydrogens is 351 g/mol. The maximum absolute atomic E-state index is 14.0. The number of hydrogen-bond acceptors (Lipinski definition) is 6. The van der Waals surface area contributed by atoms with Gasteiger partial charge in [0.25, 0.3) is 0 Å². The molecule has 0 saturated carbocycles. The minimum atomic E-state index is -0.924. The number of nitrogens with zero attached hydrogens (tertiary/aromatic N) is 2. The van der Waals surface area contributed by atoms with Crippen LogP contribution in [0.5, 0.6) is 5.75 Å². The number of aliphatic imine (C=N–C) groups is 1. The molecule has 1 aromatic carbocycles. The highest BCUT2D eigenvalue weighted by atomic mass is 32.2. The Morgan fingerprint density at radius 1 is 1.58 bits per heavy atom. The molecule has 0 aliphatic carbocycles. The molecule has 2 N–H and O–H groups in total. The van der Waals surface area contributed by atoms with Crippen molar-refractivity contribution in [3.05, 3.63) is 29.6 Å². The number of phenolic OH excluding ortho intramolecular Hbond substituents is 1. The number of hydrogen-bond donors (Lipinski definition) is 3. The molecule has 0 radical (unpaired) electrons. The van der Waals surface area contributed by atoms with E-state index < -0.39 is 17.8 Å². The van der Waals surface area contributed by atoms with Gasteiger partial charge in [0, 0.05) is 17.5 Å². The second-order valence-electron chi connectivity index (χ2n) is 5.62. The Hall–Kier alpha value is -1.25. The van der Waals surface area contributed by atoms with Crippen molar-refractivity contribution in [1.29, 1.82) is 0 Å². The number of carboxylic acids is 1. The third-order valence-corrected chi connectivity index (χ3v) is 5.65. The molecule has 0 unspecified atom stereocenters. The Kier molecular flexibility index (Phi) is 6.54. The number of phenols is 1. The van der Waals surface area contributed by atoms with Crippen LogP contribution >= 0.6 is 24.4 Å². The SMILES string of the molecule is CC[C@H]([C@H]1CSC(c2c(O)cccc2F)=N1)N(C)[C@H](CS)C(=O)O. The molecule has 0 fully saturated rings. The smallest absolute Gasteiger partial charge is 0.321 e. The van der Waals surface area contributed by atoms with Gasteiger partial charge >= 0.3 is 5.97 Å². The molecule has 0 amide bonds. The molecule has 0 saturated heterocycles. The summed E-state index contributed by atoms with van der Waals surface area (Å²) >= 11 is 5.50. The van der Waals surface area contributed by atoms with Gasteiger partial charge in [-0.2, -0.15) is 12.6 Å². The normalized spacial score (nSPS) is 20.0. The number of carbonyl (C=O) groups is 1. The Morgan fingerprint density at radius 3 is 2.83 bits per heavy atom. The number of carboxylic acid groups (broad SMARTS) is 1. The van der Waals surface area contributed by atoms with Crippen LogP contribution in [0.4, 0.5) is 4.39 Å². The first-order chi connectivity index (χ1) is 11.4. The molecule has 0 bridgehead atoms. The molecule has 24 heavy (non-hydrogen) atoms. The van der Waals surface area contributed by atoms with E-state index in [4.69, 9.17) is 0 Å². The molecule has 132 valence electrons. The summed E-state index contributed by atoms with van der Waals surface area (Å²) in [6.45, 7) is 1.97. The van der Waals surface area contributed by atoms with E-state index in [1.807, 2.05) is 6.92 Å².